The summed E-state index contributed by atoms with van der Waals surface area (Å²) in [7, 11) is 0. The van der Waals surface area contributed by atoms with Crippen molar-refractivity contribution in [2.24, 2.45) is 29.1 Å². The van der Waals surface area contributed by atoms with Gasteiger partial charge in [-0.1, -0.05) is 27.2 Å². The van der Waals surface area contributed by atoms with Crippen molar-refractivity contribution in [3.05, 3.63) is 0 Å². The first-order valence-corrected chi connectivity index (χ1v) is 8.91. The number of ketones is 1. The minimum Gasteiger partial charge on any atom is -0.390 e. The molecule has 122 valence electrons. The number of Topliss-reactive ketones (excluding diaryl/α,β-unsaturated/α-hetero) is 1. The van der Waals surface area contributed by atoms with Gasteiger partial charge < -0.3 is 5.11 Å². The van der Waals surface area contributed by atoms with Crippen molar-refractivity contribution in [1.82, 2.24) is 0 Å². The summed E-state index contributed by atoms with van der Waals surface area (Å²) in [5.41, 5.74) is -0.324. The van der Waals surface area contributed by atoms with E-state index in [9.17, 15) is 9.90 Å². The molecule has 0 aromatic heterocycles. The Hall–Kier alpha value is -0.370. The number of hydrogen-bond acceptors (Lipinski definition) is 2. The summed E-state index contributed by atoms with van der Waals surface area (Å²) < 4.78 is 0. The summed E-state index contributed by atoms with van der Waals surface area (Å²) in [6.07, 6.45) is 7.74. The minimum absolute atomic E-state index is 0.257. The molecule has 2 fully saturated rings. The lowest BCUT2D eigenvalue weighted by atomic mass is 9.61. The Morgan fingerprint density at radius 3 is 2.57 bits per heavy atom. The van der Waals surface area contributed by atoms with E-state index in [2.05, 4.69) is 20.8 Å². The molecule has 2 saturated carbocycles. The van der Waals surface area contributed by atoms with Crippen LogP contribution in [-0.4, -0.2) is 16.5 Å². The first-order chi connectivity index (χ1) is 9.66. The predicted molar refractivity (Wildman–Crippen MR) is 87.0 cm³/mol. The van der Waals surface area contributed by atoms with Gasteiger partial charge in [0.15, 0.2) is 0 Å². The molecule has 5 unspecified atom stereocenters. The number of aliphatic hydroxyl groups is 1. The molecule has 2 aliphatic carbocycles. The molecule has 2 aliphatic rings. The molecule has 0 bridgehead atoms. The highest BCUT2D eigenvalue weighted by Crippen LogP contribution is 2.57. The average Bonchev–Trinajstić information content (AvgIpc) is 2.73. The van der Waals surface area contributed by atoms with Crippen LogP contribution in [0.4, 0.5) is 0 Å². The average molecular weight is 294 g/mol. The van der Waals surface area contributed by atoms with Gasteiger partial charge in [-0.25, -0.2) is 0 Å². The van der Waals surface area contributed by atoms with Crippen molar-refractivity contribution in [3.63, 3.8) is 0 Å². The second kappa shape index (κ2) is 6.02. The van der Waals surface area contributed by atoms with E-state index in [4.69, 9.17) is 0 Å². The van der Waals surface area contributed by atoms with Gasteiger partial charge in [0.1, 0.15) is 5.78 Å². The summed E-state index contributed by atoms with van der Waals surface area (Å²) >= 11 is 0. The molecule has 2 heteroatoms. The molecule has 0 saturated heterocycles. The third-order valence-corrected chi connectivity index (χ3v) is 6.88. The third kappa shape index (κ3) is 3.36. The highest BCUT2D eigenvalue weighted by molar-refractivity contribution is 5.83. The molecule has 0 aliphatic heterocycles. The zero-order chi connectivity index (χ0) is 15.8. The Morgan fingerprint density at radius 2 is 1.95 bits per heavy atom. The predicted octanol–water partition coefficient (Wildman–Crippen LogP) is 4.60. The lowest BCUT2D eigenvalue weighted by Gasteiger charge is -2.42. The van der Waals surface area contributed by atoms with Crippen LogP contribution >= 0.6 is 0 Å². The van der Waals surface area contributed by atoms with E-state index >= 15 is 0 Å². The van der Waals surface area contributed by atoms with Crippen LogP contribution in [0.25, 0.3) is 0 Å². The molecular formula is C19H34O2. The van der Waals surface area contributed by atoms with E-state index in [0.717, 1.165) is 25.7 Å². The normalized spacial score (nSPS) is 36.4. The molecule has 2 nitrogen and oxygen atoms in total. The van der Waals surface area contributed by atoms with E-state index in [-0.39, 0.29) is 5.41 Å². The number of carbonyl (C=O) groups is 1. The van der Waals surface area contributed by atoms with Gasteiger partial charge in [0, 0.05) is 12.3 Å². The van der Waals surface area contributed by atoms with Crippen molar-refractivity contribution in [3.8, 4) is 0 Å². The zero-order valence-electron chi connectivity index (χ0n) is 14.6. The fraction of sp³-hybridized carbons (Fsp3) is 0.947. The molecule has 5 atom stereocenters. The van der Waals surface area contributed by atoms with Crippen LogP contribution in [0, 0.1) is 29.1 Å². The first-order valence-electron chi connectivity index (χ1n) is 8.91. The van der Waals surface area contributed by atoms with Crippen LogP contribution in [0.1, 0.15) is 79.6 Å². The van der Waals surface area contributed by atoms with E-state index in [1.807, 2.05) is 13.8 Å². The van der Waals surface area contributed by atoms with Gasteiger partial charge in [-0.2, -0.15) is 0 Å². The summed E-state index contributed by atoms with van der Waals surface area (Å²) in [4.78, 5) is 12.2. The summed E-state index contributed by atoms with van der Waals surface area (Å²) in [5.74, 6) is 2.56. The molecule has 2 rings (SSSR count). The molecule has 21 heavy (non-hydrogen) atoms. The quantitative estimate of drug-likeness (QED) is 0.805. The smallest absolute Gasteiger partial charge is 0.136 e. The van der Waals surface area contributed by atoms with Crippen molar-refractivity contribution in [2.75, 3.05) is 0 Å². The monoisotopic (exact) mass is 294 g/mol. The van der Waals surface area contributed by atoms with Gasteiger partial charge in [-0.05, 0) is 69.1 Å². The van der Waals surface area contributed by atoms with E-state index < -0.39 is 5.60 Å². The molecule has 0 aromatic rings. The van der Waals surface area contributed by atoms with E-state index in [0.29, 0.717) is 29.5 Å². The summed E-state index contributed by atoms with van der Waals surface area (Å²) in [6, 6.07) is 0. The van der Waals surface area contributed by atoms with Crippen LogP contribution in [0.5, 0.6) is 0 Å². The highest BCUT2D eigenvalue weighted by atomic mass is 16.3. The van der Waals surface area contributed by atoms with Crippen LogP contribution in [0.15, 0.2) is 0 Å². The Morgan fingerprint density at radius 1 is 1.29 bits per heavy atom. The Bertz CT molecular complexity index is 382. The van der Waals surface area contributed by atoms with Crippen LogP contribution < -0.4 is 0 Å². The van der Waals surface area contributed by atoms with Crippen molar-refractivity contribution in [1.29, 1.82) is 0 Å². The van der Waals surface area contributed by atoms with Gasteiger partial charge in [-0.3, -0.25) is 4.79 Å². The van der Waals surface area contributed by atoms with Gasteiger partial charge in [0.25, 0.3) is 0 Å². The Kier molecular flexibility index (Phi) is 4.87. The second-order valence-corrected chi connectivity index (χ2v) is 8.67. The fourth-order valence-electron chi connectivity index (χ4n) is 4.97. The van der Waals surface area contributed by atoms with Gasteiger partial charge >= 0.3 is 0 Å². The van der Waals surface area contributed by atoms with Crippen LogP contribution in [-0.2, 0) is 4.79 Å². The molecular weight excluding hydrogens is 260 g/mol. The Balaban J connectivity index is 1.97. The van der Waals surface area contributed by atoms with Crippen molar-refractivity contribution >= 4 is 5.78 Å². The standard InChI is InChI=1S/C19H34O2/c1-13(8-9-14(2)18(3,4)21)15-10-11-16-17(20)7-6-12-19(15,16)5/h13-16,21H,6-12H2,1-5H3. The molecule has 0 aromatic carbocycles. The molecule has 0 spiro atoms. The lowest BCUT2D eigenvalue weighted by Crippen LogP contribution is -2.39. The molecule has 0 heterocycles. The maximum absolute atomic E-state index is 12.2. The van der Waals surface area contributed by atoms with Gasteiger partial charge in [0.05, 0.1) is 5.60 Å². The van der Waals surface area contributed by atoms with Crippen LogP contribution in [0.2, 0.25) is 0 Å². The lowest BCUT2D eigenvalue weighted by molar-refractivity contribution is -0.130. The molecule has 1 N–H and O–H groups in total. The highest BCUT2D eigenvalue weighted by Gasteiger charge is 2.52. The number of hydrogen-bond donors (Lipinski definition) is 1. The van der Waals surface area contributed by atoms with Gasteiger partial charge in [0.2, 0.25) is 0 Å². The number of rotatable bonds is 5. The maximum atomic E-state index is 12.2. The van der Waals surface area contributed by atoms with Crippen molar-refractivity contribution in [2.45, 2.75) is 85.2 Å². The zero-order valence-corrected chi connectivity index (χ0v) is 14.6. The van der Waals surface area contributed by atoms with Crippen molar-refractivity contribution < 1.29 is 9.90 Å². The minimum atomic E-state index is -0.581. The Labute approximate surface area is 130 Å². The summed E-state index contributed by atoms with van der Waals surface area (Å²) in [5, 5.41) is 10.1. The topological polar surface area (TPSA) is 37.3 Å². The fourth-order valence-corrected chi connectivity index (χ4v) is 4.97. The largest absolute Gasteiger partial charge is 0.390 e. The van der Waals surface area contributed by atoms with E-state index in [1.54, 1.807) is 0 Å². The third-order valence-electron chi connectivity index (χ3n) is 6.88. The van der Waals surface area contributed by atoms with Crippen LogP contribution in [0.3, 0.4) is 0 Å². The molecule has 0 radical (unpaired) electrons. The molecule has 0 amide bonds. The number of fused-ring (bicyclic) bond motifs is 1. The van der Waals surface area contributed by atoms with Gasteiger partial charge in [-0.15, -0.1) is 0 Å². The second-order valence-electron chi connectivity index (χ2n) is 8.67. The maximum Gasteiger partial charge on any atom is 0.136 e. The van der Waals surface area contributed by atoms with E-state index in [1.165, 1.54) is 19.3 Å². The first kappa shape index (κ1) is 17.0. The number of carbonyl (C=O) groups excluding carboxylic acids is 1. The SMILES string of the molecule is CC(CCC(C)C(C)(C)O)C1CCC2C(=O)CCCC21C. The summed E-state index contributed by atoms with van der Waals surface area (Å²) in [6.45, 7) is 10.7.